The number of fused-ring (bicyclic) bond motifs is 1. The minimum atomic E-state index is -0.255. The van der Waals surface area contributed by atoms with Crippen molar-refractivity contribution < 1.29 is 9.90 Å². The highest BCUT2D eigenvalue weighted by Gasteiger charge is 2.38. The minimum Gasteiger partial charge on any atom is -0.391 e. The second-order valence-electron chi connectivity index (χ2n) is 3.13. The SMILES string of the molecule is O=C1CC[C@H]2CC(O)CN12. The second kappa shape index (κ2) is 1.95. The molecule has 0 bridgehead atoms. The molecule has 2 rings (SSSR count). The summed E-state index contributed by atoms with van der Waals surface area (Å²) in [6.07, 6.45) is 2.19. The van der Waals surface area contributed by atoms with Gasteiger partial charge in [-0.15, -0.1) is 0 Å². The van der Waals surface area contributed by atoms with E-state index in [1.165, 1.54) is 0 Å². The van der Waals surface area contributed by atoms with Crippen LogP contribution in [0.4, 0.5) is 0 Å². The molecule has 3 heteroatoms. The zero-order valence-corrected chi connectivity index (χ0v) is 5.79. The van der Waals surface area contributed by atoms with Crippen LogP contribution >= 0.6 is 0 Å². The van der Waals surface area contributed by atoms with Crippen molar-refractivity contribution in [2.45, 2.75) is 31.4 Å². The highest BCUT2D eigenvalue weighted by molar-refractivity contribution is 5.79. The molecule has 0 aromatic carbocycles. The summed E-state index contributed by atoms with van der Waals surface area (Å²) in [4.78, 5) is 12.8. The van der Waals surface area contributed by atoms with Crippen molar-refractivity contribution in [1.29, 1.82) is 0 Å². The maximum absolute atomic E-state index is 11.0. The first-order valence-corrected chi connectivity index (χ1v) is 3.75. The Morgan fingerprint density at radius 2 is 2.40 bits per heavy atom. The molecule has 2 fully saturated rings. The van der Waals surface area contributed by atoms with Gasteiger partial charge in [0.2, 0.25) is 5.91 Å². The zero-order valence-electron chi connectivity index (χ0n) is 5.79. The smallest absolute Gasteiger partial charge is 0.222 e. The number of aliphatic hydroxyl groups excluding tert-OH is 1. The molecule has 0 aromatic heterocycles. The fraction of sp³-hybridized carbons (Fsp3) is 0.857. The zero-order chi connectivity index (χ0) is 7.14. The number of aliphatic hydroxyl groups is 1. The first-order valence-electron chi connectivity index (χ1n) is 3.75. The van der Waals surface area contributed by atoms with Crippen LogP contribution in [0.5, 0.6) is 0 Å². The third-order valence-corrected chi connectivity index (χ3v) is 2.40. The fourth-order valence-electron chi connectivity index (χ4n) is 1.90. The summed E-state index contributed by atoms with van der Waals surface area (Å²) in [6, 6.07) is 0.363. The van der Waals surface area contributed by atoms with E-state index in [1.807, 2.05) is 4.90 Å². The van der Waals surface area contributed by atoms with Gasteiger partial charge in [-0.05, 0) is 12.8 Å². The molecule has 56 valence electrons. The van der Waals surface area contributed by atoms with E-state index in [-0.39, 0.29) is 12.0 Å². The summed E-state index contributed by atoms with van der Waals surface area (Å²) in [5, 5.41) is 9.16. The van der Waals surface area contributed by atoms with Gasteiger partial charge < -0.3 is 10.0 Å². The lowest BCUT2D eigenvalue weighted by molar-refractivity contribution is -0.128. The molecule has 0 spiro atoms. The predicted molar refractivity (Wildman–Crippen MR) is 35.4 cm³/mol. The van der Waals surface area contributed by atoms with E-state index in [9.17, 15) is 4.79 Å². The molecule has 1 N–H and O–H groups in total. The van der Waals surface area contributed by atoms with Crippen LogP contribution in [0.3, 0.4) is 0 Å². The molecule has 1 amide bonds. The van der Waals surface area contributed by atoms with Crippen molar-refractivity contribution in [3.05, 3.63) is 0 Å². The Kier molecular flexibility index (Phi) is 1.20. The lowest BCUT2D eigenvalue weighted by Crippen LogP contribution is -2.27. The molecule has 2 aliphatic rings. The Hall–Kier alpha value is -0.570. The van der Waals surface area contributed by atoms with Crippen LogP contribution in [0, 0.1) is 0 Å². The Morgan fingerprint density at radius 3 is 3.10 bits per heavy atom. The topological polar surface area (TPSA) is 40.5 Å². The van der Waals surface area contributed by atoms with Crippen LogP contribution in [0.1, 0.15) is 19.3 Å². The largest absolute Gasteiger partial charge is 0.391 e. The number of rotatable bonds is 0. The molecule has 2 heterocycles. The van der Waals surface area contributed by atoms with Crippen molar-refractivity contribution in [3.63, 3.8) is 0 Å². The van der Waals surface area contributed by atoms with E-state index in [0.717, 1.165) is 12.8 Å². The predicted octanol–water partition coefficient (Wildman–Crippen LogP) is -0.258. The second-order valence-corrected chi connectivity index (χ2v) is 3.13. The molecule has 2 atom stereocenters. The quantitative estimate of drug-likeness (QED) is 0.505. The third-order valence-electron chi connectivity index (χ3n) is 2.40. The van der Waals surface area contributed by atoms with Crippen molar-refractivity contribution in [3.8, 4) is 0 Å². The number of carbonyl (C=O) groups excluding carboxylic acids is 1. The van der Waals surface area contributed by atoms with E-state index in [4.69, 9.17) is 5.11 Å². The fourth-order valence-corrected chi connectivity index (χ4v) is 1.90. The molecule has 0 radical (unpaired) electrons. The van der Waals surface area contributed by atoms with Crippen molar-refractivity contribution in [1.82, 2.24) is 4.90 Å². The van der Waals surface area contributed by atoms with E-state index in [0.29, 0.717) is 19.0 Å². The Bertz CT molecular complexity index is 169. The number of amides is 1. The number of hydrogen-bond acceptors (Lipinski definition) is 2. The summed E-state index contributed by atoms with van der Waals surface area (Å²) in [5.74, 6) is 0.224. The normalized spacial score (nSPS) is 38.9. The molecular formula is C7H11NO2. The molecular weight excluding hydrogens is 130 g/mol. The lowest BCUT2D eigenvalue weighted by atomic mass is 10.1. The monoisotopic (exact) mass is 141 g/mol. The average molecular weight is 141 g/mol. The molecule has 10 heavy (non-hydrogen) atoms. The van der Waals surface area contributed by atoms with Gasteiger partial charge in [0, 0.05) is 19.0 Å². The molecule has 2 aliphatic heterocycles. The molecule has 0 aromatic rings. The van der Waals surface area contributed by atoms with Gasteiger partial charge in [0.05, 0.1) is 6.10 Å². The van der Waals surface area contributed by atoms with Crippen molar-refractivity contribution >= 4 is 5.91 Å². The standard InChI is InChI=1S/C7H11NO2/c9-6-3-5-1-2-7(10)8(5)4-6/h5-6,9H,1-4H2/t5-,6?/m0/s1. The molecule has 0 saturated carbocycles. The van der Waals surface area contributed by atoms with Gasteiger partial charge in [0.1, 0.15) is 0 Å². The number of hydrogen-bond donors (Lipinski definition) is 1. The first kappa shape index (κ1) is 6.16. The van der Waals surface area contributed by atoms with Gasteiger partial charge in [0.15, 0.2) is 0 Å². The molecule has 0 aliphatic carbocycles. The maximum Gasteiger partial charge on any atom is 0.222 e. The highest BCUT2D eigenvalue weighted by Crippen LogP contribution is 2.28. The molecule has 3 nitrogen and oxygen atoms in total. The minimum absolute atomic E-state index is 0.224. The number of nitrogens with zero attached hydrogens (tertiary/aromatic N) is 1. The van der Waals surface area contributed by atoms with Gasteiger partial charge in [-0.25, -0.2) is 0 Å². The lowest BCUT2D eigenvalue weighted by Gasteiger charge is -2.13. The highest BCUT2D eigenvalue weighted by atomic mass is 16.3. The van der Waals surface area contributed by atoms with E-state index in [1.54, 1.807) is 0 Å². The van der Waals surface area contributed by atoms with Crippen LogP contribution in [0.15, 0.2) is 0 Å². The van der Waals surface area contributed by atoms with Crippen LogP contribution in [-0.2, 0) is 4.79 Å². The summed E-state index contributed by atoms with van der Waals surface area (Å²) in [5.41, 5.74) is 0. The first-order chi connectivity index (χ1) is 4.77. The summed E-state index contributed by atoms with van der Waals surface area (Å²) in [6.45, 7) is 0.573. The molecule has 1 unspecified atom stereocenters. The van der Waals surface area contributed by atoms with Crippen molar-refractivity contribution in [2.75, 3.05) is 6.54 Å². The summed E-state index contributed by atoms with van der Waals surface area (Å²) < 4.78 is 0. The van der Waals surface area contributed by atoms with Crippen molar-refractivity contribution in [2.24, 2.45) is 0 Å². The van der Waals surface area contributed by atoms with E-state index in [2.05, 4.69) is 0 Å². The van der Waals surface area contributed by atoms with Gasteiger partial charge in [-0.1, -0.05) is 0 Å². The third kappa shape index (κ3) is 0.736. The van der Waals surface area contributed by atoms with Crippen LogP contribution in [-0.4, -0.2) is 34.6 Å². The van der Waals surface area contributed by atoms with E-state index < -0.39 is 0 Å². The average Bonchev–Trinajstić information content (AvgIpc) is 2.35. The van der Waals surface area contributed by atoms with Crippen LogP contribution in [0.2, 0.25) is 0 Å². The summed E-state index contributed by atoms with van der Waals surface area (Å²) >= 11 is 0. The molecule has 2 saturated heterocycles. The Balaban J connectivity index is 2.12. The van der Waals surface area contributed by atoms with Gasteiger partial charge in [0.25, 0.3) is 0 Å². The maximum atomic E-state index is 11.0. The van der Waals surface area contributed by atoms with E-state index >= 15 is 0 Å². The van der Waals surface area contributed by atoms with Crippen LogP contribution < -0.4 is 0 Å². The van der Waals surface area contributed by atoms with Crippen LogP contribution in [0.25, 0.3) is 0 Å². The Labute approximate surface area is 59.6 Å². The number of carbonyl (C=O) groups is 1. The summed E-state index contributed by atoms with van der Waals surface area (Å²) in [7, 11) is 0. The van der Waals surface area contributed by atoms with Gasteiger partial charge in [-0.3, -0.25) is 4.79 Å². The van der Waals surface area contributed by atoms with Gasteiger partial charge in [-0.2, -0.15) is 0 Å². The van der Waals surface area contributed by atoms with Gasteiger partial charge >= 0.3 is 0 Å². The Morgan fingerprint density at radius 1 is 1.60 bits per heavy atom.